The van der Waals surface area contributed by atoms with E-state index in [0.717, 1.165) is 16.5 Å². The van der Waals surface area contributed by atoms with Gasteiger partial charge >= 0.3 is 6.03 Å². The fourth-order valence-corrected chi connectivity index (χ4v) is 2.82. The van der Waals surface area contributed by atoms with Gasteiger partial charge in [-0.2, -0.15) is 10.2 Å². The van der Waals surface area contributed by atoms with Gasteiger partial charge in [0.2, 0.25) is 0 Å². The second-order valence-electron chi connectivity index (χ2n) is 8.23. The van der Waals surface area contributed by atoms with Crippen molar-refractivity contribution < 1.29 is 4.79 Å². The number of carbonyl (C=O) groups excluding carboxylic acids is 1. The quantitative estimate of drug-likeness (QED) is 0.429. The first kappa shape index (κ1) is 18.8. The molecule has 5 nitrogen and oxygen atoms in total. The predicted molar refractivity (Wildman–Crippen MR) is 112 cm³/mol. The van der Waals surface area contributed by atoms with Crippen molar-refractivity contribution in [1.29, 1.82) is 0 Å². The number of azo groups is 1. The van der Waals surface area contributed by atoms with Crippen molar-refractivity contribution in [2.45, 2.75) is 45.8 Å². The summed E-state index contributed by atoms with van der Waals surface area (Å²) < 4.78 is 0. The monoisotopic (exact) mass is 362 g/mol. The summed E-state index contributed by atoms with van der Waals surface area (Å²) in [5.74, 6) is 0. The fourth-order valence-electron chi connectivity index (χ4n) is 2.82. The molecular formula is C22H26N4O. The lowest BCUT2D eigenvalue weighted by Crippen LogP contribution is -2.44. The third kappa shape index (κ3) is 4.82. The summed E-state index contributed by atoms with van der Waals surface area (Å²) in [4.78, 5) is 12.4. The van der Waals surface area contributed by atoms with E-state index in [1.54, 1.807) is 0 Å². The Labute approximate surface area is 159 Å². The number of hydrogen-bond acceptors (Lipinski definition) is 3. The molecule has 5 heteroatoms. The second kappa shape index (κ2) is 6.99. The number of nitrogens with one attached hydrogen (secondary N) is 2. The molecule has 0 fully saturated rings. The Hall–Kier alpha value is -2.95. The summed E-state index contributed by atoms with van der Waals surface area (Å²) in [7, 11) is 0. The lowest BCUT2D eigenvalue weighted by molar-refractivity contribution is 0.240. The van der Waals surface area contributed by atoms with Gasteiger partial charge in [0.1, 0.15) is 5.66 Å². The molecule has 0 aromatic heterocycles. The predicted octanol–water partition coefficient (Wildman–Crippen LogP) is 6.10. The Morgan fingerprint density at radius 3 is 2.15 bits per heavy atom. The molecule has 2 N–H and O–H groups in total. The number of anilines is 1. The standard InChI is InChI=1S/C22H26N4O/c1-21(2,3)25-26-22(4,5)24-20(27)23-17-13-12-16-11-10-15-8-6-7-9-18(15)19(16)14-17/h6-14H,1-5H3,(H2,23,24,27)/b26-25+. The van der Waals surface area contributed by atoms with E-state index >= 15 is 0 Å². The minimum absolute atomic E-state index is 0.283. The molecule has 0 aliphatic rings. The Morgan fingerprint density at radius 2 is 1.44 bits per heavy atom. The van der Waals surface area contributed by atoms with Gasteiger partial charge < -0.3 is 10.6 Å². The SMILES string of the molecule is CC(C)(C)/N=N/C(C)(C)NC(=O)Nc1ccc2ccc3ccccc3c2c1. The summed E-state index contributed by atoms with van der Waals surface area (Å²) in [6, 6.07) is 18.0. The molecule has 0 unspecified atom stereocenters. The van der Waals surface area contributed by atoms with Gasteiger partial charge in [0.15, 0.2) is 0 Å². The first-order valence-corrected chi connectivity index (χ1v) is 9.08. The van der Waals surface area contributed by atoms with E-state index in [1.807, 2.05) is 65.0 Å². The Kier molecular flexibility index (Phi) is 4.87. The average molecular weight is 362 g/mol. The maximum Gasteiger partial charge on any atom is 0.321 e. The number of rotatable bonds is 3. The molecule has 0 spiro atoms. The number of urea groups is 1. The number of amides is 2. The Morgan fingerprint density at radius 1 is 0.815 bits per heavy atom. The average Bonchev–Trinajstić information content (AvgIpc) is 2.59. The lowest BCUT2D eigenvalue weighted by Gasteiger charge is -2.22. The zero-order valence-corrected chi connectivity index (χ0v) is 16.5. The molecule has 0 aliphatic heterocycles. The number of hydrogen-bond donors (Lipinski definition) is 2. The zero-order chi connectivity index (χ0) is 19.7. The molecule has 3 rings (SSSR count). The number of carbonyl (C=O) groups is 1. The van der Waals surface area contributed by atoms with Crippen LogP contribution in [0.3, 0.4) is 0 Å². The van der Waals surface area contributed by atoms with Crippen LogP contribution in [0.5, 0.6) is 0 Å². The van der Waals surface area contributed by atoms with Gasteiger partial charge in [-0.25, -0.2) is 4.79 Å². The first-order chi connectivity index (χ1) is 12.6. The molecule has 0 radical (unpaired) electrons. The normalized spacial score (nSPS) is 12.6. The molecule has 0 atom stereocenters. The maximum atomic E-state index is 12.4. The molecule has 0 saturated heterocycles. The van der Waals surface area contributed by atoms with Crippen LogP contribution in [0.1, 0.15) is 34.6 Å². The van der Waals surface area contributed by atoms with Crippen LogP contribution >= 0.6 is 0 Å². The van der Waals surface area contributed by atoms with Crippen molar-refractivity contribution in [1.82, 2.24) is 5.32 Å². The summed E-state index contributed by atoms with van der Waals surface area (Å²) in [6.45, 7) is 9.52. The van der Waals surface area contributed by atoms with E-state index in [2.05, 4.69) is 45.1 Å². The van der Waals surface area contributed by atoms with Crippen LogP contribution in [-0.2, 0) is 0 Å². The van der Waals surface area contributed by atoms with Gasteiger partial charge in [-0.3, -0.25) is 0 Å². The molecule has 27 heavy (non-hydrogen) atoms. The van der Waals surface area contributed by atoms with Crippen molar-refractivity contribution in [3.63, 3.8) is 0 Å². The Bertz CT molecular complexity index is 1020. The van der Waals surface area contributed by atoms with E-state index in [0.29, 0.717) is 0 Å². The second-order valence-corrected chi connectivity index (χ2v) is 8.23. The van der Waals surface area contributed by atoms with Crippen molar-refractivity contribution in [2.24, 2.45) is 10.2 Å². The van der Waals surface area contributed by atoms with Gasteiger partial charge in [-0.15, -0.1) is 0 Å². The highest BCUT2D eigenvalue weighted by atomic mass is 16.2. The smallest absolute Gasteiger partial charge is 0.312 e. The van der Waals surface area contributed by atoms with E-state index in [-0.39, 0.29) is 11.6 Å². The van der Waals surface area contributed by atoms with Crippen molar-refractivity contribution in [2.75, 3.05) is 5.32 Å². The third-order valence-electron chi connectivity index (χ3n) is 4.02. The minimum Gasteiger partial charge on any atom is -0.312 e. The fraction of sp³-hybridized carbons (Fsp3) is 0.318. The van der Waals surface area contributed by atoms with Crippen LogP contribution in [0, 0.1) is 0 Å². The van der Waals surface area contributed by atoms with Gasteiger partial charge in [-0.1, -0.05) is 42.5 Å². The van der Waals surface area contributed by atoms with E-state index < -0.39 is 5.66 Å². The molecule has 0 saturated carbocycles. The highest BCUT2D eigenvalue weighted by molar-refractivity contribution is 6.09. The Balaban J connectivity index is 1.81. The van der Waals surface area contributed by atoms with Crippen molar-refractivity contribution >= 4 is 33.3 Å². The van der Waals surface area contributed by atoms with Crippen LogP contribution in [0.15, 0.2) is 64.8 Å². The molecule has 140 valence electrons. The summed E-state index contributed by atoms with van der Waals surface area (Å²) >= 11 is 0. The molecular weight excluding hydrogens is 336 g/mol. The van der Waals surface area contributed by atoms with Gasteiger partial charge in [0.05, 0.1) is 5.54 Å². The highest BCUT2D eigenvalue weighted by Crippen LogP contribution is 2.27. The zero-order valence-electron chi connectivity index (χ0n) is 16.5. The van der Waals surface area contributed by atoms with Crippen LogP contribution in [0.4, 0.5) is 10.5 Å². The van der Waals surface area contributed by atoms with Crippen molar-refractivity contribution in [3.05, 3.63) is 54.6 Å². The maximum absolute atomic E-state index is 12.4. The van der Waals surface area contributed by atoms with Crippen LogP contribution in [0.25, 0.3) is 21.5 Å². The lowest BCUT2D eigenvalue weighted by atomic mass is 10.0. The van der Waals surface area contributed by atoms with Crippen molar-refractivity contribution in [3.8, 4) is 0 Å². The van der Waals surface area contributed by atoms with Gasteiger partial charge in [-0.05, 0) is 68.3 Å². The summed E-state index contributed by atoms with van der Waals surface area (Å²) in [6.07, 6.45) is 0. The molecule has 2 amide bonds. The van der Waals surface area contributed by atoms with E-state index in [4.69, 9.17) is 0 Å². The molecule has 3 aromatic carbocycles. The van der Waals surface area contributed by atoms with E-state index in [1.165, 1.54) is 10.8 Å². The van der Waals surface area contributed by atoms with Crippen LogP contribution in [0.2, 0.25) is 0 Å². The summed E-state index contributed by atoms with van der Waals surface area (Å²) in [5.41, 5.74) is -0.338. The first-order valence-electron chi connectivity index (χ1n) is 9.08. The molecule has 0 bridgehead atoms. The highest BCUT2D eigenvalue weighted by Gasteiger charge is 2.21. The largest absolute Gasteiger partial charge is 0.321 e. The number of benzene rings is 3. The topological polar surface area (TPSA) is 65.8 Å². The molecule has 3 aromatic rings. The third-order valence-corrected chi connectivity index (χ3v) is 4.02. The van der Waals surface area contributed by atoms with Crippen LogP contribution < -0.4 is 10.6 Å². The summed E-state index contributed by atoms with van der Waals surface area (Å²) in [5, 5.41) is 18.8. The molecule has 0 aliphatic carbocycles. The van der Waals surface area contributed by atoms with E-state index in [9.17, 15) is 4.79 Å². The van der Waals surface area contributed by atoms with Gasteiger partial charge in [0.25, 0.3) is 0 Å². The van der Waals surface area contributed by atoms with Gasteiger partial charge in [0, 0.05) is 5.69 Å². The minimum atomic E-state index is -0.791. The van der Waals surface area contributed by atoms with Crippen LogP contribution in [-0.4, -0.2) is 17.2 Å². The molecule has 0 heterocycles. The number of nitrogens with zero attached hydrogens (tertiary/aromatic N) is 2. The number of fused-ring (bicyclic) bond motifs is 3.